The van der Waals surface area contributed by atoms with Crippen LogP contribution in [0.4, 0.5) is 0 Å². The molecule has 0 aromatic heterocycles. The molecule has 1 saturated carbocycles. The summed E-state index contributed by atoms with van der Waals surface area (Å²) in [5.41, 5.74) is 1.84. The summed E-state index contributed by atoms with van der Waals surface area (Å²) in [6, 6.07) is 20.7. The molecule has 1 amide bonds. The predicted octanol–water partition coefficient (Wildman–Crippen LogP) is 4.91. The number of carbonyl (C=O) groups excluding carboxylic acids is 1. The number of nitrogens with one attached hydrogen (secondary N) is 1. The van der Waals surface area contributed by atoms with Gasteiger partial charge in [-0.05, 0) is 30.9 Å². The number of hydrogen-bond acceptors (Lipinski definition) is 1. The van der Waals surface area contributed by atoms with Gasteiger partial charge in [0.25, 0.3) is 0 Å². The van der Waals surface area contributed by atoms with Gasteiger partial charge in [-0.1, -0.05) is 60.7 Å². The molecular formula is C20H21Cl2NO. The normalized spacial score (nSPS) is 21.5. The third-order valence-electron chi connectivity index (χ3n) is 4.88. The second-order valence-electron chi connectivity index (χ2n) is 6.63. The maximum Gasteiger partial charge on any atom is 0.229 e. The second kappa shape index (κ2) is 6.78. The third kappa shape index (κ3) is 3.45. The Kier molecular flexibility index (Phi) is 4.89. The topological polar surface area (TPSA) is 29.1 Å². The molecule has 2 aromatic carbocycles. The van der Waals surface area contributed by atoms with E-state index in [1.807, 2.05) is 43.3 Å². The fraction of sp³-hybridized carbons (Fsp3) is 0.350. The Labute approximate surface area is 153 Å². The second-order valence-corrected chi connectivity index (χ2v) is 8.12. The maximum absolute atomic E-state index is 12.3. The fourth-order valence-corrected chi connectivity index (χ4v) is 3.77. The molecule has 0 aliphatic heterocycles. The highest BCUT2D eigenvalue weighted by molar-refractivity contribution is 6.53. The molecule has 24 heavy (non-hydrogen) atoms. The zero-order chi connectivity index (χ0) is 17.2. The molecule has 0 spiro atoms. The summed E-state index contributed by atoms with van der Waals surface area (Å²) in [5.74, 6) is 0.184. The van der Waals surface area contributed by atoms with E-state index in [-0.39, 0.29) is 11.8 Å². The molecular weight excluding hydrogens is 341 g/mol. The van der Waals surface area contributed by atoms with E-state index in [2.05, 4.69) is 29.6 Å². The van der Waals surface area contributed by atoms with Gasteiger partial charge in [-0.2, -0.15) is 0 Å². The van der Waals surface area contributed by atoms with Crippen molar-refractivity contribution in [1.82, 2.24) is 5.32 Å². The van der Waals surface area contributed by atoms with Crippen molar-refractivity contribution in [2.24, 2.45) is 5.41 Å². The minimum atomic E-state index is -0.921. The van der Waals surface area contributed by atoms with Crippen molar-refractivity contribution >= 4 is 29.1 Å². The van der Waals surface area contributed by atoms with Gasteiger partial charge in [-0.15, -0.1) is 23.2 Å². The number of carbonyl (C=O) groups is 1. The molecule has 0 bridgehead atoms. The van der Waals surface area contributed by atoms with E-state index in [0.717, 1.165) is 6.42 Å². The van der Waals surface area contributed by atoms with Crippen LogP contribution in [0.25, 0.3) is 0 Å². The molecule has 1 aliphatic carbocycles. The van der Waals surface area contributed by atoms with Crippen molar-refractivity contribution in [3.05, 3.63) is 71.8 Å². The molecule has 1 fully saturated rings. The van der Waals surface area contributed by atoms with Crippen LogP contribution in [0.5, 0.6) is 0 Å². The molecule has 1 N–H and O–H groups in total. The quantitative estimate of drug-likeness (QED) is 0.727. The summed E-state index contributed by atoms with van der Waals surface area (Å²) in [6.07, 6.45) is 1.34. The molecule has 0 saturated heterocycles. The molecule has 126 valence electrons. The highest BCUT2D eigenvalue weighted by atomic mass is 35.5. The average molecular weight is 362 g/mol. The minimum absolute atomic E-state index is 0.0626. The van der Waals surface area contributed by atoms with Crippen LogP contribution in [0.3, 0.4) is 0 Å². The molecule has 1 aliphatic rings. The minimum Gasteiger partial charge on any atom is -0.355 e. The summed E-state index contributed by atoms with van der Waals surface area (Å²) in [7, 11) is 0. The Morgan fingerprint density at radius 1 is 1.04 bits per heavy atom. The number of rotatable bonds is 6. The summed E-state index contributed by atoms with van der Waals surface area (Å²) < 4.78 is -0.921. The van der Waals surface area contributed by atoms with Gasteiger partial charge in [0.2, 0.25) is 5.91 Å². The fourth-order valence-electron chi connectivity index (χ4n) is 3.07. The lowest BCUT2D eigenvalue weighted by Gasteiger charge is -2.19. The summed E-state index contributed by atoms with van der Waals surface area (Å²) in [5, 5.41) is 3.00. The van der Waals surface area contributed by atoms with Crippen molar-refractivity contribution in [2.45, 2.75) is 30.0 Å². The molecule has 3 rings (SSSR count). The van der Waals surface area contributed by atoms with Crippen molar-refractivity contribution < 1.29 is 4.79 Å². The van der Waals surface area contributed by atoms with Gasteiger partial charge >= 0.3 is 0 Å². The maximum atomic E-state index is 12.3. The molecule has 0 heterocycles. The number of hydrogen-bond donors (Lipinski definition) is 1. The highest BCUT2D eigenvalue weighted by Crippen LogP contribution is 2.63. The van der Waals surface area contributed by atoms with E-state index >= 15 is 0 Å². The van der Waals surface area contributed by atoms with E-state index in [1.54, 1.807) is 0 Å². The largest absolute Gasteiger partial charge is 0.355 e. The first-order chi connectivity index (χ1) is 11.4. The first kappa shape index (κ1) is 17.3. The van der Waals surface area contributed by atoms with E-state index in [0.29, 0.717) is 13.0 Å². The van der Waals surface area contributed by atoms with Crippen LogP contribution in [-0.2, 0) is 4.79 Å². The first-order valence-corrected chi connectivity index (χ1v) is 8.96. The van der Waals surface area contributed by atoms with E-state index in [4.69, 9.17) is 23.2 Å². The molecule has 2 aromatic rings. The van der Waals surface area contributed by atoms with Gasteiger partial charge in [-0.25, -0.2) is 0 Å². The highest BCUT2D eigenvalue weighted by Gasteiger charge is 2.67. The van der Waals surface area contributed by atoms with Crippen LogP contribution in [-0.4, -0.2) is 16.8 Å². The monoisotopic (exact) mass is 361 g/mol. The molecule has 2 nitrogen and oxygen atoms in total. The standard InChI is InChI=1S/C20H21Cl2NO/c1-19(14-20(19,21)22)18(24)23-13-12-17(15-8-4-2-5-9-15)16-10-6-3-7-11-16/h2-11,17H,12-14H2,1H3,(H,23,24). The van der Waals surface area contributed by atoms with Crippen molar-refractivity contribution in [3.63, 3.8) is 0 Å². The lowest BCUT2D eigenvalue weighted by molar-refractivity contribution is -0.125. The van der Waals surface area contributed by atoms with Crippen molar-refractivity contribution in [3.8, 4) is 0 Å². The van der Waals surface area contributed by atoms with Gasteiger partial charge < -0.3 is 5.32 Å². The van der Waals surface area contributed by atoms with E-state index < -0.39 is 9.75 Å². The van der Waals surface area contributed by atoms with Gasteiger partial charge in [0.1, 0.15) is 4.33 Å². The van der Waals surface area contributed by atoms with Crippen LogP contribution >= 0.6 is 23.2 Å². The lowest BCUT2D eigenvalue weighted by Crippen LogP contribution is -2.34. The third-order valence-corrected chi connectivity index (χ3v) is 5.98. The van der Waals surface area contributed by atoms with Crippen LogP contribution < -0.4 is 5.32 Å². The van der Waals surface area contributed by atoms with Gasteiger partial charge in [0.15, 0.2) is 0 Å². The lowest BCUT2D eigenvalue weighted by atomic mass is 9.88. The average Bonchev–Trinajstić information content (AvgIpc) is 3.12. The van der Waals surface area contributed by atoms with E-state index in [9.17, 15) is 4.79 Å². The number of amides is 1. The molecule has 4 heteroatoms. The van der Waals surface area contributed by atoms with Gasteiger partial charge in [0.05, 0.1) is 5.41 Å². The Morgan fingerprint density at radius 3 is 1.92 bits per heavy atom. The van der Waals surface area contributed by atoms with Crippen molar-refractivity contribution in [1.29, 1.82) is 0 Å². The first-order valence-electron chi connectivity index (χ1n) is 8.20. The van der Waals surface area contributed by atoms with Gasteiger partial charge in [0, 0.05) is 12.5 Å². The molecule has 1 unspecified atom stereocenters. The zero-order valence-corrected chi connectivity index (χ0v) is 15.1. The van der Waals surface area contributed by atoms with Crippen molar-refractivity contribution in [2.75, 3.05) is 6.54 Å². The predicted molar refractivity (Wildman–Crippen MR) is 99.5 cm³/mol. The van der Waals surface area contributed by atoms with Gasteiger partial charge in [-0.3, -0.25) is 4.79 Å². The number of benzene rings is 2. The Hall–Kier alpha value is -1.51. The van der Waals surface area contributed by atoms with E-state index in [1.165, 1.54) is 11.1 Å². The number of alkyl halides is 2. The summed E-state index contributed by atoms with van der Waals surface area (Å²) in [6.45, 7) is 2.40. The van der Waals surface area contributed by atoms with Crippen LogP contribution in [0.1, 0.15) is 36.8 Å². The van der Waals surface area contributed by atoms with Crippen LogP contribution in [0.15, 0.2) is 60.7 Å². The Balaban J connectivity index is 1.67. The van der Waals surface area contributed by atoms with Crippen LogP contribution in [0.2, 0.25) is 0 Å². The van der Waals surface area contributed by atoms with Crippen LogP contribution in [0, 0.1) is 5.41 Å². The Morgan fingerprint density at radius 2 is 1.50 bits per heavy atom. The summed E-state index contributed by atoms with van der Waals surface area (Å²) in [4.78, 5) is 12.3. The molecule has 0 radical (unpaired) electrons. The summed E-state index contributed by atoms with van der Waals surface area (Å²) >= 11 is 12.2. The Bertz CT molecular complexity index is 663. The SMILES string of the molecule is CC1(C(=O)NCCC(c2ccccc2)c2ccccc2)CC1(Cl)Cl. The molecule has 1 atom stereocenters. The zero-order valence-electron chi connectivity index (χ0n) is 13.6. The smallest absolute Gasteiger partial charge is 0.229 e. The number of halogens is 2.